The molecule has 2 heterocycles. The van der Waals surface area contributed by atoms with E-state index in [0.717, 1.165) is 23.9 Å². The lowest BCUT2D eigenvalue weighted by molar-refractivity contribution is -0.119. The summed E-state index contributed by atoms with van der Waals surface area (Å²) in [6.45, 7) is 4.08. The number of thioether (sulfide) groups is 1. The summed E-state index contributed by atoms with van der Waals surface area (Å²) in [4.78, 5) is 24.0. The van der Waals surface area contributed by atoms with E-state index >= 15 is 0 Å². The van der Waals surface area contributed by atoms with Gasteiger partial charge in [0.1, 0.15) is 11.6 Å². The molecule has 12 heteroatoms. The normalized spacial score (nSPS) is 17.4. The number of hydrogen-bond acceptors (Lipinski definition) is 7. The summed E-state index contributed by atoms with van der Waals surface area (Å²) < 4.78 is 38.2. The maximum Gasteiger partial charge on any atom is 0.269 e. The first kappa shape index (κ1) is 22.0. The van der Waals surface area contributed by atoms with Crippen LogP contribution in [0, 0.1) is 5.82 Å². The van der Waals surface area contributed by atoms with Crippen molar-refractivity contribution in [3.8, 4) is 0 Å². The molecule has 1 aliphatic heterocycles. The van der Waals surface area contributed by atoms with E-state index in [0.29, 0.717) is 23.9 Å². The smallest absolute Gasteiger partial charge is 0.269 e. The van der Waals surface area contributed by atoms with Crippen LogP contribution in [-0.2, 0) is 21.2 Å². The number of hydrazine groups is 1. The Balaban J connectivity index is 1.57. The molecule has 3 rings (SSSR count). The van der Waals surface area contributed by atoms with Gasteiger partial charge in [0.25, 0.3) is 5.91 Å². The van der Waals surface area contributed by atoms with Crippen LogP contribution in [0.1, 0.15) is 28.5 Å². The fraction of sp³-hybridized carbons (Fsp3) is 0.333. The number of nitrogens with zero attached hydrogens (tertiary/aromatic N) is 3. The molecule has 2 N–H and O–H groups in total. The second kappa shape index (κ2) is 9.39. The van der Waals surface area contributed by atoms with E-state index in [9.17, 15) is 22.4 Å². The predicted molar refractivity (Wildman–Crippen MR) is 109 cm³/mol. The first-order valence-corrected chi connectivity index (χ1v) is 11.8. The lowest BCUT2D eigenvalue weighted by Gasteiger charge is -2.11. The summed E-state index contributed by atoms with van der Waals surface area (Å²) in [5.41, 5.74) is 4.73. The molecule has 9 nitrogen and oxygen atoms in total. The van der Waals surface area contributed by atoms with Gasteiger partial charge in [-0.25, -0.2) is 12.8 Å². The molecule has 1 atom stereocenters. The van der Waals surface area contributed by atoms with Crippen LogP contribution in [0.2, 0.25) is 0 Å². The number of rotatable bonds is 7. The second-order valence-electron chi connectivity index (χ2n) is 6.64. The minimum Gasteiger partial charge on any atom is -0.302 e. The zero-order valence-corrected chi connectivity index (χ0v) is 17.5. The van der Waals surface area contributed by atoms with Crippen LogP contribution in [0.4, 0.5) is 4.39 Å². The molecule has 1 aromatic heterocycles. The molecule has 1 aliphatic rings. The standard InChI is InChI=1S/C18H20FN5O4S2/c1-2-8-24-16(13-7-9-30(27,28)11-13)21-23-18(24)29-10-15(25)20-22-17(26)12-3-5-14(19)6-4-12/h2-6,13H,1,7-11H2,(H,20,25)(H,22,26)/t13-/m1/s1. The van der Waals surface area contributed by atoms with Crippen molar-refractivity contribution in [2.45, 2.75) is 24.0 Å². The van der Waals surface area contributed by atoms with Crippen molar-refractivity contribution < 1.29 is 22.4 Å². The van der Waals surface area contributed by atoms with Crippen molar-refractivity contribution in [3.63, 3.8) is 0 Å². The van der Waals surface area contributed by atoms with Crippen molar-refractivity contribution in [2.75, 3.05) is 17.3 Å². The summed E-state index contributed by atoms with van der Waals surface area (Å²) >= 11 is 1.10. The summed E-state index contributed by atoms with van der Waals surface area (Å²) in [6.07, 6.45) is 2.13. The average molecular weight is 454 g/mol. The minimum absolute atomic E-state index is 0.0306. The highest BCUT2D eigenvalue weighted by atomic mass is 32.2. The van der Waals surface area contributed by atoms with Crippen molar-refractivity contribution in [3.05, 3.63) is 54.1 Å². The Morgan fingerprint density at radius 2 is 2.00 bits per heavy atom. The number of carbonyl (C=O) groups is 2. The summed E-state index contributed by atoms with van der Waals surface area (Å²) in [5, 5.41) is 8.66. The zero-order valence-electron chi connectivity index (χ0n) is 15.9. The van der Waals surface area contributed by atoms with E-state index in [-0.39, 0.29) is 28.7 Å². The van der Waals surface area contributed by atoms with E-state index in [1.165, 1.54) is 12.1 Å². The number of hydrogen-bond donors (Lipinski definition) is 2. The highest BCUT2D eigenvalue weighted by Gasteiger charge is 2.33. The Kier molecular flexibility index (Phi) is 6.87. The molecule has 1 aromatic carbocycles. The molecule has 0 spiro atoms. The number of carbonyl (C=O) groups excluding carboxylic acids is 2. The largest absolute Gasteiger partial charge is 0.302 e. The topological polar surface area (TPSA) is 123 Å². The van der Waals surface area contributed by atoms with Gasteiger partial charge in [0.15, 0.2) is 15.0 Å². The minimum atomic E-state index is -3.07. The van der Waals surface area contributed by atoms with Gasteiger partial charge >= 0.3 is 0 Å². The van der Waals surface area contributed by atoms with Gasteiger partial charge < -0.3 is 4.57 Å². The molecular formula is C18H20FN5O4S2. The molecule has 2 amide bonds. The molecule has 0 unspecified atom stereocenters. The summed E-state index contributed by atoms with van der Waals surface area (Å²) in [6, 6.07) is 4.89. The van der Waals surface area contributed by atoms with Gasteiger partial charge in [-0.1, -0.05) is 17.8 Å². The molecule has 0 aliphatic carbocycles. The number of nitrogens with one attached hydrogen (secondary N) is 2. The van der Waals surface area contributed by atoms with Gasteiger partial charge in [-0.15, -0.1) is 16.8 Å². The van der Waals surface area contributed by atoms with Gasteiger partial charge in [-0.2, -0.15) is 0 Å². The number of halogens is 1. The van der Waals surface area contributed by atoms with E-state index in [2.05, 4.69) is 27.6 Å². The van der Waals surface area contributed by atoms with Crippen LogP contribution < -0.4 is 10.9 Å². The molecule has 160 valence electrons. The third kappa shape index (κ3) is 5.45. The fourth-order valence-electron chi connectivity index (χ4n) is 2.97. The van der Waals surface area contributed by atoms with Crippen LogP contribution in [0.25, 0.3) is 0 Å². The molecule has 0 saturated carbocycles. The number of benzene rings is 1. The van der Waals surface area contributed by atoms with Crippen LogP contribution in [0.3, 0.4) is 0 Å². The highest BCUT2D eigenvalue weighted by molar-refractivity contribution is 7.99. The quantitative estimate of drug-likeness (QED) is 0.365. The van der Waals surface area contributed by atoms with Crippen molar-refractivity contribution in [1.29, 1.82) is 0 Å². The van der Waals surface area contributed by atoms with Crippen LogP contribution in [-0.4, -0.2) is 52.3 Å². The summed E-state index contributed by atoms with van der Waals surface area (Å²) in [7, 11) is -3.07. The zero-order chi connectivity index (χ0) is 21.7. The average Bonchev–Trinajstić information content (AvgIpc) is 3.27. The molecular weight excluding hydrogens is 433 g/mol. The van der Waals surface area contributed by atoms with Gasteiger partial charge in [-0.05, 0) is 30.7 Å². The monoisotopic (exact) mass is 453 g/mol. The van der Waals surface area contributed by atoms with Crippen LogP contribution in [0.15, 0.2) is 42.1 Å². The lowest BCUT2D eigenvalue weighted by atomic mass is 10.1. The molecule has 2 aromatic rings. The second-order valence-corrected chi connectivity index (χ2v) is 9.81. The van der Waals surface area contributed by atoms with E-state index < -0.39 is 27.5 Å². The maximum atomic E-state index is 12.9. The molecule has 1 saturated heterocycles. The number of amides is 2. The Hall–Kier alpha value is -2.73. The highest BCUT2D eigenvalue weighted by Crippen LogP contribution is 2.30. The van der Waals surface area contributed by atoms with Crippen molar-refractivity contribution in [2.24, 2.45) is 0 Å². The van der Waals surface area contributed by atoms with Crippen molar-refractivity contribution >= 4 is 33.4 Å². The molecule has 1 fully saturated rings. The Labute approximate surface area is 177 Å². The van der Waals surface area contributed by atoms with Crippen LogP contribution in [0.5, 0.6) is 0 Å². The Morgan fingerprint density at radius 3 is 2.63 bits per heavy atom. The Bertz CT molecular complexity index is 1050. The van der Waals surface area contributed by atoms with E-state index in [1.807, 2.05) is 0 Å². The number of allylic oxidation sites excluding steroid dienone is 1. The first-order valence-electron chi connectivity index (χ1n) is 9.01. The van der Waals surface area contributed by atoms with Gasteiger partial charge in [0.2, 0.25) is 5.91 Å². The molecule has 0 radical (unpaired) electrons. The predicted octanol–water partition coefficient (Wildman–Crippen LogP) is 1.06. The van der Waals surface area contributed by atoms with E-state index in [1.54, 1.807) is 10.6 Å². The molecule has 30 heavy (non-hydrogen) atoms. The van der Waals surface area contributed by atoms with E-state index in [4.69, 9.17) is 0 Å². The Morgan fingerprint density at radius 1 is 1.27 bits per heavy atom. The summed E-state index contributed by atoms with van der Waals surface area (Å²) in [5.74, 6) is -1.10. The number of aromatic nitrogens is 3. The SMILES string of the molecule is C=CCn1c(SCC(=O)NNC(=O)c2ccc(F)cc2)nnc1[C@@H]1CCS(=O)(=O)C1. The van der Waals surface area contributed by atoms with Crippen LogP contribution >= 0.6 is 11.8 Å². The van der Waals surface area contributed by atoms with Gasteiger partial charge in [-0.3, -0.25) is 20.4 Å². The number of sulfone groups is 1. The molecule has 0 bridgehead atoms. The third-order valence-corrected chi connectivity index (χ3v) is 7.14. The third-order valence-electron chi connectivity index (χ3n) is 4.41. The van der Waals surface area contributed by atoms with Crippen molar-refractivity contribution in [1.82, 2.24) is 25.6 Å². The first-order chi connectivity index (χ1) is 14.3. The fourth-order valence-corrected chi connectivity index (χ4v) is 5.47. The lowest BCUT2D eigenvalue weighted by Crippen LogP contribution is -2.42. The maximum absolute atomic E-state index is 12.9. The van der Waals surface area contributed by atoms with Gasteiger partial charge in [0, 0.05) is 18.0 Å². The van der Waals surface area contributed by atoms with Gasteiger partial charge in [0.05, 0.1) is 17.3 Å².